The molecule has 1 unspecified atom stereocenters. The van der Waals surface area contributed by atoms with Crippen molar-refractivity contribution in [2.75, 3.05) is 0 Å². The van der Waals surface area contributed by atoms with Crippen LogP contribution in [0.25, 0.3) is 0 Å². The van der Waals surface area contributed by atoms with Crippen molar-refractivity contribution in [2.24, 2.45) is 5.92 Å². The van der Waals surface area contributed by atoms with Gasteiger partial charge in [0.15, 0.2) is 8.03 Å². The lowest BCUT2D eigenvalue weighted by atomic mass is 10.2. The average molecular weight is 174 g/mol. The third kappa shape index (κ3) is 2.80. The van der Waals surface area contributed by atoms with Gasteiger partial charge in [0.05, 0.1) is 0 Å². The molecule has 3 atom stereocenters. The lowest BCUT2D eigenvalue weighted by Crippen LogP contribution is -1.82. The number of rotatable bonds is 5. The van der Waals surface area contributed by atoms with Crippen molar-refractivity contribution < 1.29 is 9.46 Å². The Morgan fingerprint density at radius 1 is 1.73 bits per heavy atom. The fraction of sp³-hybridized carbons (Fsp3) is 0.750. The largest absolute Gasteiger partial charge is 0.346 e. The molecule has 64 valence electrons. The van der Waals surface area contributed by atoms with Crippen LogP contribution in [0, 0.1) is 5.92 Å². The average Bonchev–Trinajstić information content (AvgIpc) is 2.68. The van der Waals surface area contributed by atoms with E-state index in [1.165, 1.54) is 0 Å². The van der Waals surface area contributed by atoms with Crippen LogP contribution in [0.5, 0.6) is 0 Å². The van der Waals surface area contributed by atoms with Gasteiger partial charge in [-0.3, -0.25) is 4.57 Å². The highest BCUT2D eigenvalue weighted by molar-refractivity contribution is 7.39. The molecule has 11 heavy (non-hydrogen) atoms. The van der Waals surface area contributed by atoms with Gasteiger partial charge in [-0.2, -0.15) is 0 Å². The minimum atomic E-state index is -2.20. The molecule has 1 rings (SSSR count). The SMILES string of the molecule is C=CCCC[C@@H]1C[C@@H]1[PH](=O)O. The molecular weight excluding hydrogens is 159 g/mol. The van der Waals surface area contributed by atoms with E-state index in [4.69, 9.17) is 4.89 Å². The van der Waals surface area contributed by atoms with Crippen LogP contribution in [0.3, 0.4) is 0 Å². The zero-order valence-corrected chi connectivity index (χ0v) is 7.62. The van der Waals surface area contributed by atoms with Gasteiger partial charge in [0.1, 0.15) is 0 Å². The molecule has 0 saturated heterocycles. The van der Waals surface area contributed by atoms with Crippen molar-refractivity contribution in [2.45, 2.75) is 31.3 Å². The van der Waals surface area contributed by atoms with Crippen LogP contribution in [0.1, 0.15) is 25.7 Å². The Labute approximate surface area is 68.2 Å². The molecule has 0 heterocycles. The second-order valence-corrected chi connectivity index (χ2v) is 4.58. The summed E-state index contributed by atoms with van der Waals surface area (Å²) in [6, 6.07) is 0. The summed E-state index contributed by atoms with van der Waals surface area (Å²) in [5.74, 6) is 0.548. The molecule has 0 aromatic heterocycles. The van der Waals surface area contributed by atoms with Crippen LogP contribution in [-0.2, 0) is 4.57 Å². The Balaban J connectivity index is 2.04. The van der Waals surface area contributed by atoms with Gasteiger partial charge >= 0.3 is 0 Å². The summed E-state index contributed by atoms with van der Waals surface area (Å²) in [7, 11) is -2.20. The molecule has 0 radical (unpaired) electrons. The van der Waals surface area contributed by atoms with Gasteiger partial charge < -0.3 is 4.89 Å². The molecule has 1 aliphatic rings. The van der Waals surface area contributed by atoms with Crippen LogP contribution >= 0.6 is 8.03 Å². The summed E-state index contributed by atoms with van der Waals surface area (Å²) in [5.41, 5.74) is 0.157. The number of hydrogen-bond donors (Lipinski definition) is 1. The van der Waals surface area contributed by atoms with Crippen molar-refractivity contribution >= 4 is 8.03 Å². The van der Waals surface area contributed by atoms with E-state index < -0.39 is 8.03 Å². The van der Waals surface area contributed by atoms with Crippen LogP contribution in [-0.4, -0.2) is 10.6 Å². The van der Waals surface area contributed by atoms with E-state index in [9.17, 15) is 4.57 Å². The minimum Gasteiger partial charge on any atom is -0.346 e. The van der Waals surface area contributed by atoms with Gasteiger partial charge in [-0.15, -0.1) is 6.58 Å². The second kappa shape index (κ2) is 4.08. The summed E-state index contributed by atoms with van der Waals surface area (Å²) >= 11 is 0. The molecule has 2 nitrogen and oxygen atoms in total. The highest BCUT2D eigenvalue weighted by Gasteiger charge is 2.40. The number of unbranched alkanes of at least 4 members (excludes halogenated alkanes) is 1. The molecular formula is C8H15O2P. The van der Waals surface area contributed by atoms with Crippen molar-refractivity contribution in [3.63, 3.8) is 0 Å². The van der Waals surface area contributed by atoms with Gasteiger partial charge in [0, 0.05) is 5.66 Å². The highest BCUT2D eigenvalue weighted by Crippen LogP contribution is 2.50. The zero-order valence-electron chi connectivity index (χ0n) is 6.62. The Morgan fingerprint density at radius 2 is 2.45 bits per heavy atom. The summed E-state index contributed by atoms with van der Waals surface area (Å²) in [4.78, 5) is 8.75. The second-order valence-electron chi connectivity index (χ2n) is 3.16. The molecule has 0 amide bonds. The molecule has 0 aliphatic heterocycles. The van der Waals surface area contributed by atoms with E-state index in [-0.39, 0.29) is 5.66 Å². The lowest BCUT2D eigenvalue weighted by molar-refractivity contribution is 0.498. The van der Waals surface area contributed by atoms with Crippen molar-refractivity contribution in [3.05, 3.63) is 12.7 Å². The van der Waals surface area contributed by atoms with Crippen LogP contribution in [0.15, 0.2) is 12.7 Å². The van der Waals surface area contributed by atoms with Gasteiger partial charge in [0.2, 0.25) is 0 Å². The monoisotopic (exact) mass is 174 g/mol. The standard InChI is InChI=1S/C8H15O2P/c1-2-3-4-5-7-6-8(7)11(9)10/h2,7-8,11H,1,3-6H2,(H,9,10)/t7-,8+/m1/s1. The van der Waals surface area contributed by atoms with Crippen LogP contribution < -0.4 is 0 Å². The molecule has 1 fully saturated rings. The Kier molecular flexibility index (Phi) is 3.35. The Bertz CT molecular complexity index is 167. The maximum absolute atomic E-state index is 10.6. The fourth-order valence-electron chi connectivity index (χ4n) is 1.39. The Morgan fingerprint density at radius 3 is 2.91 bits per heavy atom. The smallest absolute Gasteiger partial charge is 0.192 e. The van der Waals surface area contributed by atoms with Gasteiger partial charge in [0.25, 0.3) is 0 Å². The van der Waals surface area contributed by atoms with Gasteiger partial charge in [-0.25, -0.2) is 0 Å². The summed E-state index contributed by atoms with van der Waals surface area (Å²) in [6.45, 7) is 3.63. The summed E-state index contributed by atoms with van der Waals surface area (Å²) in [6.07, 6.45) is 6.15. The van der Waals surface area contributed by atoms with Crippen LogP contribution in [0.2, 0.25) is 0 Å². The van der Waals surface area contributed by atoms with E-state index in [1.807, 2.05) is 6.08 Å². The molecule has 1 saturated carbocycles. The first kappa shape index (κ1) is 9.02. The van der Waals surface area contributed by atoms with Gasteiger partial charge in [-0.1, -0.05) is 6.08 Å². The maximum atomic E-state index is 10.6. The molecule has 0 aromatic rings. The highest BCUT2D eigenvalue weighted by atomic mass is 31.1. The Hall–Kier alpha value is -0.0700. The van der Waals surface area contributed by atoms with E-state index in [0.717, 1.165) is 25.7 Å². The van der Waals surface area contributed by atoms with E-state index in [1.54, 1.807) is 0 Å². The fourth-order valence-corrected chi connectivity index (χ4v) is 2.47. The zero-order chi connectivity index (χ0) is 8.27. The predicted molar refractivity (Wildman–Crippen MR) is 47.2 cm³/mol. The normalized spacial score (nSPS) is 31.4. The molecule has 1 aliphatic carbocycles. The van der Waals surface area contributed by atoms with E-state index >= 15 is 0 Å². The first-order valence-corrected chi connectivity index (χ1v) is 5.52. The van der Waals surface area contributed by atoms with E-state index in [2.05, 4.69) is 6.58 Å². The van der Waals surface area contributed by atoms with Crippen molar-refractivity contribution in [3.8, 4) is 0 Å². The first-order chi connectivity index (χ1) is 5.25. The molecule has 0 aromatic carbocycles. The molecule has 0 bridgehead atoms. The van der Waals surface area contributed by atoms with Crippen molar-refractivity contribution in [1.82, 2.24) is 0 Å². The third-order valence-corrected chi connectivity index (χ3v) is 3.56. The van der Waals surface area contributed by atoms with Crippen molar-refractivity contribution in [1.29, 1.82) is 0 Å². The van der Waals surface area contributed by atoms with E-state index in [0.29, 0.717) is 5.92 Å². The quantitative estimate of drug-likeness (QED) is 0.394. The maximum Gasteiger partial charge on any atom is 0.192 e. The third-order valence-electron chi connectivity index (χ3n) is 2.22. The molecule has 3 heteroatoms. The van der Waals surface area contributed by atoms with Gasteiger partial charge in [-0.05, 0) is 31.6 Å². The summed E-state index contributed by atoms with van der Waals surface area (Å²) < 4.78 is 10.6. The lowest BCUT2D eigenvalue weighted by Gasteiger charge is -1.94. The number of hydrogen-bond acceptors (Lipinski definition) is 1. The molecule has 0 spiro atoms. The summed E-state index contributed by atoms with van der Waals surface area (Å²) in [5, 5.41) is 0. The predicted octanol–water partition coefficient (Wildman–Crippen LogP) is 2.20. The van der Waals surface area contributed by atoms with Crippen LogP contribution in [0.4, 0.5) is 0 Å². The minimum absolute atomic E-state index is 0.157. The molecule has 1 N–H and O–H groups in total. The topological polar surface area (TPSA) is 37.3 Å². The first-order valence-electron chi connectivity index (χ1n) is 4.09. The number of allylic oxidation sites excluding steroid dienone is 1.